The number of hydrogen-bond acceptors (Lipinski definition) is 2. The molecule has 4 heteroatoms. The van der Waals surface area contributed by atoms with Crippen LogP contribution in [0.5, 0.6) is 0 Å². The first-order valence-electron chi connectivity index (χ1n) is 8.35. The molecule has 0 aromatic rings. The summed E-state index contributed by atoms with van der Waals surface area (Å²) in [5.41, 5.74) is 1.45. The molecule has 3 aliphatic rings. The highest BCUT2D eigenvalue weighted by molar-refractivity contribution is 5.86. The molecule has 3 aliphatic carbocycles. The van der Waals surface area contributed by atoms with Crippen LogP contribution in [0, 0.1) is 23.7 Å². The van der Waals surface area contributed by atoms with Gasteiger partial charge in [0.25, 0.3) is 0 Å². The summed E-state index contributed by atoms with van der Waals surface area (Å²) in [7, 11) is 0. The normalized spacial score (nSPS) is 34.6. The van der Waals surface area contributed by atoms with Crippen LogP contribution in [0.25, 0.3) is 0 Å². The predicted molar refractivity (Wildman–Crippen MR) is 79.6 cm³/mol. The number of allylic oxidation sites excluding steroid dienone is 1. The molecule has 0 saturated heterocycles. The Morgan fingerprint density at radius 2 is 1.95 bits per heavy atom. The number of carbonyl (C=O) groups excluding carboxylic acids is 1. The summed E-state index contributed by atoms with van der Waals surface area (Å²) >= 11 is 0. The van der Waals surface area contributed by atoms with E-state index in [0.29, 0.717) is 12.5 Å². The Bertz CT molecular complexity index is 457. The quantitative estimate of drug-likeness (QED) is 0.765. The second kappa shape index (κ2) is 6.20. The number of carbonyl (C=O) groups is 2. The fraction of sp³-hybridized carbons (Fsp3) is 0.765. The third kappa shape index (κ3) is 2.99. The van der Waals surface area contributed by atoms with Crippen LogP contribution in [0.15, 0.2) is 11.6 Å². The highest BCUT2D eigenvalue weighted by atomic mass is 16.4. The highest BCUT2D eigenvalue weighted by Crippen LogP contribution is 2.52. The molecular weight excluding hydrogens is 266 g/mol. The second-order valence-corrected chi connectivity index (χ2v) is 6.87. The fourth-order valence-corrected chi connectivity index (χ4v) is 4.62. The van der Waals surface area contributed by atoms with Gasteiger partial charge in [0.2, 0.25) is 5.91 Å². The summed E-state index contributed by atoms with van der Waals surface area (Å²) in [6.07, 6.45) is 11.0. The van der Waals surface area contributed by atoms with Crippen LogP contribution in [0.4, 0.5) is 0 Å². The summed E-state index contributed by atoms with van der Waals surface area (Å²) in [5, 5.41) is 12.4. The van der Waals surface area contributed by atoms with E-state index in [1.165, 1.54) is 18.4 Å². The maximum Gasteiger partial charge on any atom is 0.307 e. The fourth-order valence-electron chi connectivity index (χ4n) is 4.62. The van der Waals surface area contributed by atoms with E-state index >= 15 is 0 Å². The molecule has 2 saturated carbocycles. The summed E-state index contributed by atoms with van der Waals surface area (Å²) in [6.45, 7) is 0.658. The van der Waals surface area contributed by atoms with Crippen molar-refractivity contribution in [2.45, 2.75) is 51.4 Å². The van der Waals surface area contributed by atoms with Gasteiger partial charge in [-0.3, -0.25) is 9.59 Å². The van der Waals surface area contributed by atoms with E-state index in [-0.39, 0.29) is 17.7 Å². The van der Waals surface area contributed by atoms with Crippen molar-refractivity contribution in [3.63, 3.8) is 0 Å². The molecule has 116 valence electrons. The van der Waals surface area contributed by atoms with Crippen molar-refractivity contribution in [3.05, 3.63) is 11.6 Å². The number of hydrogen-bond donors (Lipinski definition) is 2. The Kier molecular flexibility index (Phi) is 4.32. The first kappa shape index (κ1) is 14.6. The van der Waals surface area contributed by atoms with Crippen molar-refractivity contribution in [2.75, 3.05) is 6.54 Å². The molecule has 0 aliphatic heterocycles. The minimum absolute atomic E-state index is 0.0222. The number of aliphatic carboxylic acids is 1. The molecule has 0 spiro atoms. The third-order valence-corrected chi connectivity index (χ3v) is 5.63. The lowest BCUT2D eigenvalue weighted by Crippen LogP contribution is -2.41. The van der Waals surface area contributed by atoms with Gasteiger partial charge in [0.05, 0.1) is 11.8 Å². The van der Waals surface area contributed by atoms with Gasteiger partial charge in [-0.25, -0.2) is 0 Å². The first-order chi connectivity index (χ1) is 10.2. The number of carboxylic acid groups (broad SMARTS) is 1. The van der Waals surface area contributed by atoms with Crippen LogP contribution in [0.3, 0.4) is 0 Å². The maximum absolute atomic E-state index is 12.4. The zero-order valence-electron chi connectivity index (χ0n) is 12.5. The van der Waals surface area contributed by atoms with E-state index in [4.69, 9.17) is 0 Å². The van der Waals surface area contributed by atoms with Crippen molar-refractivity contribution in [3.8, 4) is 0 Å². The summed E-state index contributed by atoms with van der Waals surface area (Å²) in [4.78, 5) is 23.8. The minimum Gasteiger partial charge on any atom is -0.481 e. The average Bonchev–Trinajstić information content (AvgIpc) is 3.08. The molecule has 0 aromatic heterocycles. The molecule has 1 amide bonds. The molecule has 0 aromatic carbocycles. The van der Waals surface area contributed by atoms with Gasteiger partial charge in [0, 0.05) is 6.54 Å². The lowest BCUT2D eigenvalue weighted by Gasteiger charge is -2.27. The van der Waals surface area contributed by atoms with Crippen LogP contribution in [0.1, 0.15) is 51.4 Å². The predicted octanol–water partition coefficient (Wildman–Crippen LogP) is 2.74. The average molecular weight is 291 g/mol. The Morgan fingerprint density at radius 1 is 1.19 bits per heavy atom. The molecule has 2 fully saturated rings. The van der Waals surface area contributed by atoms with Crippen LogP contribution in [0.2, 0.25) is 0 Å². The molecule has 4 atom stereocenters. The SMILES string of the molecule is O=C(O)[C@@H]1[C@H]2CC[C@@H](C2)[C@H]1C(=O)NCCC1=CCCCC1. The Morgan fingerprint density at radius 3 is 2.62 bits per heavy atom. The van der Waals surface area contributed by atoms with Crippen molar-refractivity contribution in [1.29, 1.82) is 0 Å². The smallest absolute Gasteiger partial charge is 0.307 e. The minimum atomic E-state index is -0.780. The standard InChI is InChI=1S/C17H25NO3/c19-16(18-9-8-11-4-2-1-3-5-11)14-12-6-7-13(10-12)15(14)17(20)21/h4,12-15H,1-3,5-10H2,(H,18,19)(H,20,21)/t12-,13-,14+,15+/m0/s1. The number of nitrogens with one attached hydrogen (secondary N) is 1. The molecule has 3 rings (SSSR count). The first-order valence-corrected chi connectivity index (χ1v) is 8.35. The zero-order valence-corrected chi connectivity index (χ0v) is 12.5. The zero-order chi connectivity index (χ0) is 14.8. The molecule has 21 heavy (non-hydrogen) atoms. The molecule has 4 nitrogen and oxygen atoms in total. The van der Waals surface area contributed by atoms with Gasteiger partial charge in [-0.2, -0.15) is 0 Å². The largest absolute Gasteiger partial charge is 0.481 e. The van der Waals surface area contributed by atoms with E-state index in [9.17, 15) is 14.7 Å². The van der Waals surface area contributed by atoms with E-state index in [0.717, 1.165) is 38.5 Å². The maximum atomic E-state index is 12.4. The number of rotatable bonds is 5. The number of fused-ring (bicyclic) bond motifs is 2. The summed E-state index contributed by atoms with van der Waals surface area (Å²) in [6, 6.07) is 0. The Balaban J connectivity index is 1.52. The lowest BCUT2D eigenvalue weighted by molar-refractivity contribution is -0.149. The molecule has 0 heterocycles. The van der Waals surface area contributed by atoms with Gasteiger partial charge in [0.15, 0.2) is 0 Å². The van der Waals surface area contributed by atoms with Gasteiger partial charge < -0.3 is 10.4 Å². The van der Waals surface area contributed by atoms with Crippen molar-refractivity contribution in [2.24, 2.45) is 23.7 Å². The van der Waals surface area contributed by atoms with Crippen molar-refractivity contribution < 1.29 is 14.7 Å². The van der Waals surface area contributed by atoms with Crippen LogP contribution < -0.4 is 5.32 Å². The van der Waals surface area contributed by atoms with E-state index < -0.39 is 11.9 Å². The van der Waals surface area contributed by atoms with Crippen molar-refractivity contribution >= 4 is 11.9 Å². The van der Waals surface area contributed by atoms with Gasteiger partial charge in [0.1, 0.15) is 0 Å². The van der Waals surface area contributed by atoms with Crippen LogP contribution in [-0.2, 0) is 9.59 Å². The third-order valence-electron chi connectivity index (χ3n) is 5.63. The van der Waals surface area contributed by atoms with E-state index in [2.05, 4.69) is 11.4 Å². The Labute approximate surface area is 126 Å². The van der Waals surface area contributed by atoms with Gasteiger partial charge in [-0.15, -0.1) is 0 Å². The molecule has 2 bridgehead atoms. The highest BCUT2D eigenvalue weighted by Gasteiger charge is 2.53. The Hall–Kier alpha value is -1.32. The second-order valence-electron chi connectivity index (χ2n) is 6.87. The summed E-state index contributed by atoms with van der Waals surface area (Å²) < 4.78 is 0. The monoisotopic (exact) mass is 291 g/mol. The van der Waals surface area contributed by atoms with E-state index in [1.807, 2.05) is 0 Å². The van der Waals surface area contributed by atoms with Crippen LogP contribution >= 0.6 is 0 Å². The lowest BCUT2D eigenvalue weighted by atomic mass is 9.78. The van der Waals surface area contributed by atoms with Crippen LogP contribution in [-0.4, -0.2) is 23.5 Å². The topological polar surface area (TPSA) is 66.4 Å². The van der Waals surface area contributed by atoms with Crippen molar-refractivity contribution in [1.82, 2.24) is 5.32 Å². The van der Waals surface area contributed by atoms with Gasteiger partial charge in [-0.1, -0.05) is 11.6 Å². The van der Waals surface area contributed by atoms with Gasteiger partial charge >= 0.3 is 5.97 Å². The number of amides is 1. The molecule has 0 radical (unpaired) electrons. The molecule has 2 N–H and O–H groups in total. The molecule has 0 unspecified atom stereocenters. The molecular formula is C17H25NO3. The number of carboxylic acids is 1. The van der Waals surface area contributed by atoms with E-state index in [1.54, 1.807) is 0 Å². The van der Waals surface area contributed by atoms with Gasteiger partial charge in [-0.05, 0) is 63.2 Å². The summed E-state index contributed by atoms with van der Waals surface area (Å²) in [5.74, 6) is -1.02.